The van der Waals surface area contributed by atoms with Crippen molar-refractivity contribution in [1.82, 2.24) is 4.90 Å². The van der Waals surface area contributed by atoms with Crippen molar-refractivity contribution in [1.29, 1.82) is 0 Å². The number of unbranched alkanes of at least 4 members (excludes halogenated alkanes) is 1. The summed E-state index contributed by atoms with van der Waals surface area (Å²) >= 11 is 5.51. The van der Waals surface area contributed by atoms with Crippen LogP contribution in [-0.4, -0.2) is 50.1 Å². The van der Waals surface area contributed by atoms with Crippen molar-refractivity contribution in [3.63, 3.8) is 0 Å². The third-order valence-corrected chi connectivity index (χ3v) is 2.16. The van der Waals surface area contributed by atoms with Gasteiger partial charge in [0.15, 0.2) is 0 Å². The zero-order valence-electron chi connectivity index (χ0n) is 9.22. The first-order valence-electron chi connectivity index (χ1n) is 5.35. The minimum Gasteiger partial charge on any atom is -0.380 e. The highest BCUT2D eigenvalue weighted by molar-refractivity contribution is 6.18. The summed E-state index contributed by atoms with van der Waals surface area (Å²) in [5.41, 5.74) is 0. The SMILES string of the molecule is CCCCOCCN(CCCl)CC(F)F. The highest BCUT2D eigenvalue weighted by Gasteiger charge is 2.10. The van der Waals surface area contributed by atoms with Gasteiger partial charge in [0.1, 0.15) is 0 Å². The van der Waals surface area contributed by atoms with E-state index in [1.54, 1.807) is 4.90 Å². The average molecular weight is 244 g/mol. The summed E-state index contributed by atoms with van der Waals surface area (Å²) in [6.07, 6.45) is -0.198. The van der Waals surface area contributed by atoms with Crippen molar-refractivity contribution in [3.8, 4) is 0 Å². The number of alkyl halides is 3. The molecular weight excluding hydrogens is 224 g/mol. The van der Waals surface area contributed by atoms with Crippen LogP contribution in [0.3, 0.4) is 0 Å². The Morgan fingerprint density at radius 2 is 2.00 bits per heavy atom. The van der Waals surface area contributed by atoms with E-state index in [9.17, 15) is 8.78 Å². The van der Waals surface area contributed by atoms with Gasteiger partial charge in [-0.05, 0) is 6.42 Å². The molecule has 0 bridgehead atoms. The second-order valence-corrected chi connectivity index (χ2v) is 3.72. The molecule has 0 rings (SSSR count). The van der Waals surface area contributed by atoms with Crippen LogP contribution in [0, 0.1) is 0 Å². The fourth-order valence-corrected chi connectivity index (χ4v) is 1.39. The van der Waals surface area contributed by atoms with Crippen LogP contribution in [0.2, 0.25) is 0 Å². The molecule has 0 aromatic rings. The van der Waals surface area contributed by atoms with E-state index in [4.69, 9.17) is 16.3 Å². The predicted molar refractivity (Wildman–Crippen MR) is 58.9 cm³/mol. The first-order chi connectivity index (χ1) is 7.20. The number of ether oxygens (including phenoxy) is 1. The van der Waals surface area contributed by atoms with Gasteiger partial charge in [-0.2, -0.15) is 0 Å². The highest BCUT2D eigenvalue weighted by atomic mass is 35.5. The van der Waals surface area contributed by atoms with Crippen molar-refractivity contribution in [2.75, 3.05) is 38.7 Å². The molecule has 15 heavy (non-hydrogen) atoms. The van der Waals surface area contributed by atoms with E-state index < -0.39 is 6.43 Å². The summed E-state index contributed by atoms with van der Waals surface area (Å²) in [7, 11) is 0. The second-order valence-electron chi connectivity index (χ2n) is 3.35. The van der Waals surface area contributed by atoms with Gasteiger partial charge in [0.05, 0.1) is 13.2 Å². The average Bonchev–Trinajstić information content (AvgIpc) is 2.17. The lowest BCUT2D eigenvalue weighted by Gasteiger charge is -2.20. The maximum atomic E-state index is 12.1. The quantitative estimate of drug-likeness (QED) is 0.432. The minimum absolute atomic E-state index is 0.218. The molecule has 0 aliphatic heterocycles. The van der Waals surface area contributed by atoms with Crippen molar-refractivity contribution in [3.05, 3.63) is 0 Å². The van der Waals surface area contributed by atoms with Crippen molar-refractivity contribution in [2.24, 2.45) is 0 Å². The summed E-state index contributed by atoms with van der Waals surface area (Å²) in [5, 5.41) is 0. The molecule has 0 amide bonds. The van der Waals surface area contributed by atoms with E-state index in [-0.39, 0.29) is 6.54 Å². The molecular formula is C10H20ClF2NO. The molecule has 2 nitrogen and oxygen atoms in total. The molecule has 0 N–H and O–H groups in total. The molecule has 5 heteroatoms. The fourth-order valence-electron chi connectivity index (χ4n) is 1.15. The molecule has 0 unspecified atom stereocenters. The Bertz CT molecular complexity index is 139. The molecule has 0 spiro atoms. The van der Waals surface area contributed by atoms with Gasteiger partial charge in [0.25, 0.3) is 6.43 Å². The Balaban J connectivity index is 3.47. The van der Waals surface area contributed by atoms with Crippen LogP contribution in [0.1, 0.15) is 19.8 Å². The molecule has 0 saturated heterocycles. The molecule has 0 radical (unpaired) electrons. The maximum Gasteiger partial charge on any atom is 0.251 e. The summed E-state index contributed by atoms with van der Waals surface area (Å²) in [6.45, 7) is 4.09. The molecule has 92 valence electrons. The van der Waals surface area contributed by atoms with Gasteiger partial charge in [0.2, 0.25) is 0 Å². The number of hydrogen-bond acceptors (Lipinski definition) is 2. The Morgan fingerprint density at radius 1 is 1.27 bits per heavy atom. The van der Waals surface area contributed by atoms with Crippen LogP contribution in [-0.2, 0) is 4.74 Å². The molecule has 0 aromatic heterocycles. The topological polar surface area (TPSA) is 12.5 Å². The fraction of sp³-hybridized carbons (Fsp3) is 1.00. The largest absolute Gasteiger partial charge is 0.380 e. The van der Waals surface area contributed by atoms with Gasteiger partial charge in [0, 0.05) is 25.6 Å². The third kappa shape index (κ3) is 10.4. The summed E-state index contributed by atoms with van der Waals surface area (Å²) in [4.78, 5) is 1.63. The second kappa shape index (κ2) is 10.6. The molecule has 0 aromatic carbocycles. The molecule has 0 aliphatic carbocycles. The monoisotopic (exact) mass is 243 g/mol. The van der Waals surface area contributed by atoms with Crippen LogP contribution in [0.15, 0.2) is 0 Å². The molecule has 0 aliphatic rings. The van der Waals surface area contributed by atoms with Crippen molar-refractivity contribution >= 4 is 11.6 Å². The number of hydrogen-bond donors (Lipinski definition) is 0. The van der Waals surface area contributed by atoms with Crippen LogP contribution in [0.5, 0.6) is 0 Å². The normalized spacial score (nSPS) is 11.6. The lowest BCUT2D eigenvalue weighted by Crippen LogP contribution is -2.33. The molecule has 0 fully saturated rings. The smallest absolute Gasteiger partial charge is 0.251 e. The zero-order valence-corrected chi connectivity index (χ0v) is 9.98. The predicted octanol–water partition coefficient (Wildman–Crippen LogP) is 2.61. The maximum absolute atomic E-state index is 12.1. The van der Waals surface area contributed by atoms with Gasteiger partial charge >= 0.3 is 0 Å². The minimum atomic E-state index is -2.30. The van der Waals surface area contributed by atoms with Crippen LogP contribution in [0.25, 0.3) is 0 Å². The van der Waals surface area contributed by atoms with Gasteiger partial charge in [-0.1, -0.05) is 13.3 Å². The number of nitrogens with zero attached hydrogens (tertiary/aromatic N) is 1. The Hall–Kier alpha value is 0.0700. The summed E-state index contributed by atoms with van der Waals surface area (Å²) in [5.74, 6) is 0.377. The first-order valence-corrected chi connectivity index (χ1v) is 5.88. The number of halogens is 3. The summed E-state index contributed by atoms with van der Waals surface area (Å²) < 4.78 is 29.5. The van der Waals surface area contributed by atoms with E-state index in [0.717, 1.165) is 12.8 Å². The van der Waals surface area contributed by atoms with E-state index in [1.165, 1.54) is 0 Å². The van der Waals surface area contributed by atoms with E-state index in [1.807, 2.05) is 0 Å². The van der Waals surface area contributed by atoms with Gasteiger partial charge < -0.3 is 4.74 Å². The Morgan fingerprint density at radius 3 is 2.53 bits per heavy atom. The van der Waals surface area contributed by atoms with Crippen LogP contribution < -0.4 is 0 Å². The van der Waals surface area contributed by atoms with E-state index in [0.29, 0.717) is 32.2 Å². The van der Waals surface area contributed by atoms with Gasteiger partial charge in [-0.25, -0.2) is 8.78 Å². The lowest BCUT2D eigenvalue weighted by molar-refractivity contribution is 0.0613. The Kier molecular flexibility index (Phi) is 10.6. The molecule has 0 saturated carbocycles. The van der Waals surface area contributed by atoms with Gasteiger partial charge in [-0.3, -0.25) is 4.90 Å². The first kappa shape index (κ1) is 15.1. The zero-order chi connectivity index (χ0) is 11.5. The standard InChI is InChI=1S/C10H20ClF2NO/c1-2-3-7-15-8-6-14(5-4-11)9-10(12)13/h10H,2-9H2,1H3. The summed E-state index contributed by atoms with van der Waals surface area (Å²) in [6, 6.07) is 0. The Labute approximate surface area is 95.5 Å². The molecule has 0 heterocycles. The lowest BCUT2D eigenvalue weighted by atomic mass is 10.4. The number of rotatable bonds is 10. The van der Waals surface area contributed by atoms with Crippen LogP contribution >= 0.6 is 11.6 Å². The van der Waals surface area contributed by atoms with Crippen molar-refractivity contribution < 1.29 is 13.5 Å². The third-order valence-electron chi connectivity index (χ3n) is 1.99. The molecule has 0 atom stereocenters. The highest BCUT2D eigenvalue weighted by Crippen LogP contribution is 1.99. The van der Waals surface area contributed by atoms with E-state index in [2.05, 4.69) is 6.92 Å². The van der Waals surface area contributed by atoms with Crippen molar-refractivity contribution in [2.45, 2.75) is 26.2 Å². The van der Waals surface area contributed by atoms with Crippen LogP contribution in [0.4, 0.5) is 8.78 Å². The van der Waals surface area contributed by atoms with E-state index >= 15 is 0 Å². The van der Waals surface area contributed by atoms with Gasteiger partial charge in [-0.15, -0.1) is 11.6 Å².